The van der Waals surface area contributed by atoms with E-state index in [9.17, 15) is 5.11 Å². The molecule has 1 aromatic carbocycles. The quantitative estimate of drug-likeness (QED) is 0.896. The van der Waals surface area contributed by atoms with Crippen LogP contribution in [-0.2, 0) is 6.54 Å². The third kappa shape index (κ3) is 2.33. The van der Waals surface area contributed by atoms with Gasteiger partial charge in [0, 0.05) is 17.8 Å². The number of benzene rings is 1. The zero-order valence-corrected chi connectivity index (χ0v) is 10.9. The summed E-state index contributed by atoms with van der Waals surface area (Å²) < 4.78 is 4.75. The standard InChI is InChI=1S/C14H17N3O2/c1-10-12(16-19-15-10)9-17-8-4-7-14(18)11-5-2-3-6-13(11)17/h2-3,5-6,14,18H,4,7-9H2,1H3. The summed E-state index contributed by atoms with van der Waals surface area (Å²) in [4.78, 5) is 2.23. The van der Waals surface area contributed by atoms with Gasteiger partial charge in [0.2, 0.25) is 0 Å². The zero-order valence-electron chi connectivity index (χ0n) is 10.9. The average Bonchev–Trinajstić information content (AvgIpc) is 2.75. The van der Waals surface area contributed by atoms with Crippen molar-refractivity contribution >= 4 is 5.69 Å². The molecule has 0 spiro atoms. The number of para-hydroxylation sites is 1. The van der Waals surface area contributed by atoms with Gasteiger partial charge >= 0.3 is 0 Å². The van der Waals surface area contributed by atoms with Crippen LogP contribution in [0.15, 0.2) is 28.9 Å². The van der Waals surface area contributed by atoms with E-state index in [-0.39, 0.29) is 6.10 Å². The largest absolute Gasteiger partial charge is 0.388 e. The summed E-state index contributed by atoms with van der Waals surface area (Å²) in [6.07, 6.45) is 1.38. The van der Waals surface area contributed by atoms with Gasteiger partial charge < -0.3 is 10.0 Å². The molecule has 1 atom stereocenters. The molecule has 1 aliphatic rings. The summed E-state index contributed by atoms with van der Waals surface area (Å²) in [5, 5.41) is 17.9. The number of aliphatic hydroxyl groups excluding tert-OH is 1. The molecular weight excluding hydrogens is 242 g/mol. The number of aryl methyl sites for hydroxylation is 1. The molecule has 1 N–H and O–H groups in total. The molecule has 3 rings (SSSR count). The molecule has 0 saturated heterocycles. The van der Waals surface area contributed by atoms with E-state index in [1.54, 1.807) is 0 Å². The van der Waals surface area contributed by atoms with Gasteiger partial charge in [0.15, 0.2) is 0 Å². The van der Waals surface area contributed by atoms with Crippen LogP contribution in [0.1, 0.15) is 35.9 Å². The lowest BCUT2D eigenvalue weighted by Gasteiger charge is -2.24. The van der Waals surface area contributed by atoms with Crippen LogP contribution in [0.4, 0.5) is 5.69 Å². The third-order valence-electron chi connectivity index (χ3n) is 3.63. The number of anilines is 1. The van der Waals surface area contributed by atoms with E-state index in [1.807, 2.05) is 31.2 Å². The molecule has 0 aliphatic carbocycles. The minimum Gasteiger partial charge on any atom is -0.388 e. The lowest BCUT2D eigenvalue weighted by atomic mass is 10.0. The van der Waals surface area contributed by atoms with E-state index in [0.29, 0.717) is 6.54 Å². The lowest BCUT2D eigenvalue weighted by molar-refractivity contribution is 0.168. The molecule has 5 heteroatoms. The number of hydrogen-bond donors (Lipinski definition) is 1. The van der Waals surface area contributed by atoms with Crippen LogP contribution in [0.25, 0.3) is 0 Å². The monoisotopic (exact) mass is 259 g/mol. The molecule has 1 aromatic heterocycles. The predicted octanol–water partition coefficient (Wildman–Crippen LogP) is 2.21. The number of nitrogens with zero attached hydrogens (tertiary/aromatic N) is 3. The van der Waals surface area contributed by atoms with Gasteiger partial charge in [-0.1, -0.05) is 28.5 Å². The molecule has 1 aliphatic heterocycles. The number of aromatic nitrogens is 2. The van der Waals surface area contributed by atoms with Crippen molar-refractivity contribution in [3.05, 3.63) is 41.2 Å². The zero-order chi connectivity index (χ0) is 13.2. The van der Waals surface area contributed by atoms with Gasteiger partial charge in [-0.25, -0.2) is 4.63 Å². The maximum atomic E-state index is 10.2. The maximum absolute atomic E-state index is 10.2. The summed E-state index contributed by atoms with van der Waals surface area (Å²) in [6, 6.07) is 8.01. The number of fused-ring (bicyclic) bond motifs is 1. The Bertz CT molecular complexity index is 567. The van der Waals surface area contributed by atoms with Crippen molar-refractivity contribution in [1.29, 1.82) is 0 Å². The van der Waals surface area contributed by atoms with Gasteiger partial charge in [-0.2, -0.15) is 0 Å². The van der Waals surface area contributed by atoms with E-state index in [2.05, 4.69) is 15.2 Å². The highest BCUT2D eigenvalue weighted by Gasteiger charge is 2.22. The first-order valence-corrected chi connectivity index (χ1v) is 6.55. The fourth-order valence-corrected chi connectivity index (χ4v) is 2.55. The molecule has 0 bridgehead atoms. The summed E-state index contributed by atoms with van der Waals surface area (Å²) >= 11 is 0. The van der Waals surface area contributed by atoms with Gasteiger partial charge in [-0.05, 0) is 25.8 Å². The molecule has 1 unspecified atom stereocenters. The molecule has 100 valence electrons. The average molecular weight is 259 g/mol. The van der Waals surface area contributed by atoms with Gasteiger partial charge in [0.05, 0.1) is 12.6 Å². The highest BCUT2D eigenvalue weighted by molar-refractivity contribution is 5.55. The second kappa shape index (κ2) is 5.01. The van der Waals surface area contributed by atoms with Crippen molar-refractivity contribution in [2.75, 3.05) is 11.4 Å². The lowest BCUT2D eigenvalue weighted by Crippen LogP contribution is -2.24. The van der Waals surface area contributed by atoms with Crippen LogP contribution >= 0.6 is 0 Å². The summed E-state index contributed by atoms with van der Waals surface area (Å²) in [6.45, 7) is 3.46. The van der Waals surface area contributed by atoms with E-state index in [0.717, 1.165) is 42.0 Å². The molecule has 2 heterocycles. The first kappa shape index (κ1) is 12.2. The van der Waals surface area contributed by atoms with Crippen molar-refractivity contribution in [1.82, 2.24) is 10.3 Å². The fraction of sp³-hybridized carbons (Fsp3) is 0.429. The van der Waals surface area contributed by atoms with Gasteiger partial charge in [-0.3, -0.25) is 0 Å². The predicted molar refractivity (Wildman–Crippen MR) is 70.7 cm³/mol. The molecule has 5 nitrogen and oxygen atoms in total. The van der Waals surface area contributed by atoms with Gasteiger partial charge in [0.1, 0.15) is 11.4 Å². The molecule has 0 fully saturated rings. The second-order valence-corrected chi connectivity index (χ2v) is 4.93. The second-order valence-electron chi connectivity index (χ2n) is 4.93. The Hall–Kier alpha value is -1.88. The summed E-state index contributed by atoms with van der Waals surface area (Å²) in [5.74, 6) is 0. The maximum Gasteiger partial charge on any atom is 0.127 e. The first-order valence-electron chi connectivity index (χ1n) is 6.55. The first-order chi connectivity index (χ1) is 9.25. The number of rotatable bonds is 2. The van der Waals surface area contributed by atoms with Crippen molar-refractivity contribution in [2.24, 2.45) is 0 Å². The van der Waals surface area contributed by atoms with Crippen LogP contribution in [-0.4, -0.2) is 22.0 Å². The molecule has 19 heavy (non-hydrogen) atoms. The van der Waals surface area contributed by atoms with E-state index in [1.165, 1.54) is 0 Å². The Labute approximate surface area is 111 Å². The molecule has 2 aromatic rings. The van der Waals surface area contributed by atoms with Crippen LogP contribution in [0, 0.1) is 6.92 Å². The van der Waals surface area contributed by atoms with E-state index in [4.69, 9.17) is 4.63 Å². The summed E-state index contributed by atoms with van der Waals surface area (Å²) in [7, 11) is 0. The van der Waals surface area contributed by atoms with Crippen LogP contribution in [0.3, 0.4) is 0 Å². The van der Waals surface area contributed by atoms with Crippen molar-refractivity contribution in [3.63, 3.8) is 0 Å². The third-order valence-corrected chi connectivity index (χ3v) is 3.63. The Morgan fingerprint density at radius 2 is 2.21 bits per heavy atom. The highest BCUT2D eigenvalue weighted by Crippen LogP contribution is 2.33. The van der Waals surface area contributed by atoms with E-state index < -0.39 is 0 Å². The molecule has 0 radical (unpaired) electrons. The SMILES string of the molecule is Cc1nonc1CN1CCCC(O)c2ccccc21. The Kier molecular flexibility index (Phi) is 3.21. The van der Waals surface area contributed by atoms with Crippen LogP contribution in [0.5, 0.6) is 0 Å². The van der Waals surface area contributed by atoms with E-state index >= 15 is 0 Å². The smallest absolute Gasteiger partial charge is 0.127 e. The number of hydrogen-bond acceptors (Lipinski definition) is 5. The van der Waals surface area contributed by atoms with Crippen molar-refractivity contribution < 1.29 is 9.74 Å². The fourth-order valence-electron chi connectivity index (χ4n) is 2.55. The van der Waals surface area contributed by atoms with Gasteiger partial charge in [-0.15, -0.1) is 0 Å². The van der Waals surface area contributed by atoms with Crippen molar-refractivity contribution in [3.8, 4) is 0 Å². The number of aliphatic hydroxyl groups is 1. The van der Waals surface area contributed by atoms with Crippen LogP contribution < -0.4 is 4.90 Å². The van der Waals surface area contributed by atoms with Crippen molar-refractivity contribution in [2.45, 2.75) is 32.4 Å². The van der Waals surface area contributed by atoms with Gasteiger partial charge in [0.25, 0.3) is 0 Å². The minimum atomic E-state index is -0.377. The molecular formula is C14H17N3O2. The van der Waals surface area contributed by atoms with Crippen LogP contribution in [0.2, 0.25) is 0 Å². The normalized spacial score (nSPS) is 19.1. The Morgan fingerprint density at radius 3 is 3.00 bits per heavy atom. The minimum absolute atomic E-state index is 0.377. The Morgan fingerprint density at radius 1 is 1.37 bits per heavy atom. The molecule has 0 amide bonds. The molecule has 0 saturated carbocycles. The Balaban J connectivity index is 1.93. The topological polar surface area (TPSA) is 62.4 Å². The summed E-state index contributed by atoms with van der Waals surface area (Å²) in [5.41, 5.74) is 3.75. The highest BCUT2D eigenvalue weighted by atomic mass is 16.6.